The van der Waals surface area contributed by atoms with Gasteiger partial charge in [-0.3, -0.25) is 4.79 Å². The van der Waals surface area contributed by atoms with E-state index in [2.05, 4.69) is 35.0 Å². The maximum absolute atomic E-state index is 12.0. The number of hydrogen-bond donors (Lipinski definition) is 1. The Kier molecular flexibility index (Phi) is 6.80. The molecule has 3 rings (SSSR count). The summed E-state index contributed by atoms with van der Waals surface area (Å²) in [6, 6.07) is 18.1. The number of fused-ring (bicyclic) bond motifs is 1. The molecular weight excluding hydrogens is 334 g/mol. The third-order valence-electron chi connectivity index (χ3n) is 4.57. The van der Waals surface area contributed by atoms with Gasteiger partial charge in [-0.1, -0.05) is 55.8 Å². The summed E-state index contributed by atoms with van der Waals surface area (Å²) in [5.41, 5.74) is 3.28. The van der Waals surface area contributed by atoms with Crippen molar-refractivity contribution in [2.24, 2.45) is 0 Å². The van der Waals surface area contributed by atoms with E-state index in [0.29, 0.717) is 6.54 Å². The van der Waals surface area contributed by atoms with Gasteiger partial charge in [-0.05, 0) is 36.6 Å². The summed E-state index contributed by atoms with van der Waals surface area (Å²) in [5.74, 6) is 1.05. The first kappa shape index (κ1) is 18.9. The Morgan fingerprint density at radius 2 is 1.85 bits per heavy atom. The van der Waals surface area contributed by atoms with Crippen LogP contribution in [0, 0.1) is 0 Å². The summed E-state index contributed by atoms with van der Waals surface area (Å²) in [6.07, 6.45) is 7.47. The second-order valence-corrected chi connectivity index (χ2v) is 6.66. The Morgan fingerprint density at radius 3 is 2.67 bits per heavy atom. The van der Waals surface area contributed by atoms with E-state index in [0.717, 1.165) is 49.1 Å². The zero-order valence-corrected chi connectivity index (χ0v) is 15.9. The molecule has 4 nitrogen and oxygen atoms in total. The van der Waals surface area contributed by atoms with Crippen LogP contribution in [0.15, 0.2) is 60.7 Å². The van der Waals surface area contributed by atoms with Gasteiger partial charge in [0.1, 0.15) is 5.82 Å². The number of carbonyl (C=O) groups is 1. The van der Waals surface area contributed by atoms with Crippen molar-refractivity contribution in [2.45, 2.75) is 39.2 Å². The molecule has 1 N–H and O–H groups in total. The molecule has 0 fully saturated rings. The lowest BCUT2D eigenvalue weighted by Crippen LogP contribution is -2.22. The fourth-order valence-electron chi connectivity index (χ4n) is 3.14. The Labute approximate surface area is 160 Å². The third-order valence-corrected chi connectivity index (χ3v) is 4.57. The van der Waals surface area contributed by atoms with Crippen molar-refractivity contribution in [1.29, 1.82) is 0 Å². The third kappa shape index (κ3) is 5.30. The van der Waals surface area contributed by atoms with Crippen LogP contribution in [-0.4, -0.2) is 22.0 Å². The topological polar surface area (TPSA) is 46.9 Å². The minimum atomic E-state index is -0.0571. The molecule has 3 aromatic rings. The van der Waals surface area contributed by atoms with Gasteiger partial charge in [0.25, 0.3) is 0 Å². The number of para-hydroxylation sites is 2. The summed E-state index contributed by atoms with van der Waals surface area (Å²) in [5, 5.41) is 2.96. The average molecular weight is 361 g/mol. The predicted molar refractivity (Wildman–Crippen MR) is 111 cm³/mol. The van der Waals surface area contributed by atoms with E-state index < -0.39 is 0 Å². The molecule has 1 heterocycles. The molecular formula is C23H27N3O. The number of imidazole rings is 1. The van der Waals surface area contributed by atoms with E-state index in [1.165, 1.54) is 5.52 Å². The maximum atomic E-state index is 12.0. The number of benzene rings is 2. The zero-order chi connectivity index (χ0) is 18.9. The van der Waals surface area contributed by atoms with E-state index in [-0.39, 0.29) is 5.91 Å². The highest BCUT2D eigenvalue weighted by Crippen LogP contribution is 2.18. The van der Waals surface area contributed by atoms with Crippen molar-refractivity contribution in [3.05, 3.63) is 72.1 Å². The molecule has 0 saturated heterocycles. The standard InChI is InChI=1S/C23H27N3O/c1-2-3-18-26-21-13-8-7-12-20(21)25-22(26)14-9-17-24-23(27)16-15-19-10-5-4-6-11-19/h4-8,10-13,15-16H,2-3,9,14,17-18H2,1H3,(H,24,27)/b16-15+. The normalized spacial score (nSPS) is 11.3. The highest BCUT2D eigenvalue weighted by molar-refractivity contribution is 5.91. The molecule has 0 atom stereocenters. The van der Waals surface area contributed by atoms with Crippen LogP contribution in [-0.2, 0) is 17.8 Å². The van der Waals surface area contributed by atoms with Crippen LogP contribution in [0.25, 0.3) is 17.1 Å². The molecule has 0 spiro atoms. The molecule has 0 aliphatic heterocycles. The van der Waals surface area contributed by atoms with Gasteiger partial charge in [0.2, 0.25) is 5.91 Å². The van der Waals surface area contributed by atoms with Crippen LogP contribution >= 0.6 is 0 Å². The lowest BCUT2D eigenvalue weighted by atomic mass is 10.2. The molecule has 140 valence electrons. The van der Waals surface area contributed by atoms with E-state index in [9.17, 15) is 4.79 Å². The quantitative estimate of drug-likeness (QED) is 0.447. The van der Waals surface area contributed by atoms with Gasteiger partial charge in [0.05, 0.1) is 11.0 Å². The van der Waals surface area contributed by atoms with Crippen LogP contribution in [0.5, 0.6) is 0 Å². The number of hydrogen-bond acceptors (Lipinski definition) is 2. The maximum Gasteiger partial charge on any atom is 0.243 e. The molecule has 0 bridgehead atoms. The van der Waals surface area contributed by atoms with E-state index >= 15 is 0 Å². The van der Waals surface area contributed by atoms with Gasteiger partial charge >= 0.3 is 0 Å². The monoisotopic (exact) mass is 361 g/mol. The minimum Gasteiger partial charge on any atom is -0.353 e. The fraction of sp³-hybridized carbons (Fsp3) is 0.304. The fourth-order valence-corrected chi connectivity index (χ4v) is 3.14. The number of aromatic nitrogens is 2. The summed E-state index contributed by atoms with van der Waals surface area (Å²) >= 11 is 0. The average Bonchev–Trinajstić information content (AvgIpc) is 3.06. The lowest BCUT2D eigenvalue weighted by molar-refractivity contribution is -0.116. The molecule has 0 radical (unpaired) electrons. The first-order chi connectivity index (χ1) is 13.3. The highest BCUT2D eigenvalue weighted by atomic mass is 16.1. The molecule has 0 saturated carbocycles. The number of unbranched alkanes of at least 4 members (excludes halogenated alkanes) is 1. The van der Waals surface area contributed by atoms with Gasteiger partial charge in [0, 0.05) is 25.6 Å². The van der Waals surface area contributed by atoms with Crippen LogP contribution in [0.4, 0.5) is 0 Å². The number of carbonyl (C=O) groups excluding carboxylic acids is 1. The first-order valence-corrected chi connectivity index (χ1v) is 9.73. The summed E-state index contributed by atoms with van der Waals surface area (Å²) in [7, 11) is 0. The summed E-state index contributed by atoms with van der Waals surface area (Å²) < 4.78 is 2.33. The van der Waals surface area contributed by atoms with Gasteiger partial charge < -0.3 is 9.88 Å². The molecule has 27 heavy (non-hydrogen) atoms. The van der Waals surface area contributed by atoms with Crippen molar-refractivity contribution in [3.8, 4) is 0 Å². The van der Waals surface area contributed by atoms with E-state index in [1.807, 2.05) is 42.5 Å². The zero-order valence-electron chi connectivity index (χ0n) is 15.9. The van der Waals surface area contributed by atoms with E-state index in [1.54, 1.807) is 6.08 Å². The van der Waals surface area contributed by atoms with Crippen LogP contribution in [0.2, 0.25) is 0 Å². The lowest BCUT2D eigenvalue weighted by Gasteiger charge is -2.08. The van der Waals surface area contributed by atoms with Gasteiger partial charge in [-0.25, -0.2) is 4.98 Å². The SMILES string of the molecule is CCCCn1c(CCCNC(=O)/C=C/c2ccccc2)nc2ccccc21. The van der Waals surface area contributed by atoms with Gasteiger partial charge in [-0.2, -0.15) is 0 Å². The van der Waals surface area contributed by atoms with Crippen molar-refractivity contribution >= 4 is 23.0 Å². The van der Waals surface area contributed by atoms with E-state index in [4.69, 9.17) is 4.98 Å². The van der Waals surface area contributed by atoms with Crippen LogP contribution in [0.3, 0.4) is 0 Å². The number of rotatable bonds is 9. The second kappa shape index (κ2) is 9.72. The Hall–Kier alpha value is -2.88. The van der Waals surface area contributed by atoms with Crippen molar-refractivity contribution < 1.29 is 4.79 Å². The molecule has 0 unspecified atom stereocenters. The Morgan fingerprint density at radius 1 is 1.07 bits per heavy atom. The number of amides is 1. The molecule has 0 aliphatic carbocycles. The molecule has 4 heteroatoms. The Balaban J connectivity index is 1.53. The molecule has 1 amide bonds. The molecule has 0 aliphatic rings. The summed E-state index contributed by atoms with van der Waals surface area (Å²) in [6.45, 7) is 3.85. The second-order valence-electron chi connectivity index (χ2n) is 6.66. The van der Waals surface area contributed by atoms with Gasteiger partial charge in [0.15, 0.2) is 0 Å². The number of aryl methyl sites for hydroxylation is 2. The minimum absolute atomic E-state index is 0.0571. The van der Waals surface area contributed by atoms with Crippen LogP contribution < -0.4 is 5.32 Å². The largest absolute Gasteiger partial charge is 0.353 e. The number of nitrogens with one attached hydrogen (secondary N) is 1. The predicted octanol–water partition coefficient (Wildman–Crippen LogP) is 4.60. The summed E-state index contributed by atoms with van der Waals surface area (Å²) in [4.78, 5) is 16.8. The highest BCUT2D eigenvalue weighted by Gasteiger charge is 2.09. The van der Waals surface area contributed by atoms with Crippen molar-refractivity contribution in [3.63, 3.8) is 0 Å². The van der Waals surface area contributed by atoms with Gasteiger partial charge in [-0.15, -0.1) is 0 Å². The Bertz CT molecular complexity index is 896. The van der Waals surface area contributed by atoms with Crippen molar-refractivity contribution in [1.82, 2.24) is 14.9 Å². The van der Waals surface area contributed by atoms with Crippen LogP contribution in [0.1, 0.15) is 37.6 Å². The molecule has 2 aromatic carbocycles. The number of nitrogens with zero attached hydrogens (tertiary/aromatic N) is 2. The van der Waals surface area contributed by atoms with Crippen molar-refractivity contribution in [2.75, 3.05) is 6.54 Å². The molecule has 1 aromatic heterocycles. The first-order valence-electron chi connectivity index (χ1n) is 9.73. The smallest absolute Gasteiger partial charge is 0.243 e.